The van der Waals surface area contributed by atoms with Gasteiger partial charge in [-0.3, -0.25) is 4.79 Å². The van der Waals surface area contributed by atoms with Gasteiger partial charge in [0, 0.05) is 5.92 Å². The lowest BCUT2D eigenvalue weighted by atomic mass is 9.70. The molecule has 82 valence electrons. The van der Waals surface area contributed by atoms with Gasteiger partial charge in [-0.2, -0.15) is 0 Å². The third kappa shape index (κ3) is 2.57. The molecule has 0 aliphatic heterocycles. The van der Waals surface area contributed by atoms with Crippen LogP contribution in [0.5, 0.6) is 0 Å². The van der Waals surface area contributed by atoms with Crippen molar-refractivity contribution in [3.8, 4) is 0 Å². The molecule has 0 saturated heterocycles. The van der Waals surface area contributed by atoms with Crippen molar-refractivity contribution in [1.29, 1.82) is 0 Å². The van der Waals surface area contributed by atoms with Crippen molar-refractivity contribution < 1.29 is 4.79 Å². The molecule has 2 nitrogen and oxygen atoms in total. The molecule has 1 fully saturated rings. The minimum atomic E-state index is 0.234. The van der Waals surface area contributed by atoms with Gasteiger partial charge in [0.05, 0.1) is 6.54 Å². The second kappa shape index (κ2) is 5.50. The number of nitrogens with two attached hydrogens (primary N) is 1. The van der Waals surface area contributed by atoms with Gasteiger partial charge in [-0.15, -0.1) is 0 Å². The molecule has 2 N–H and O–H groups in total. The molecule has 0 aromatic rings. The largest absolute Gasteiger partial charge is 0.324 e. The van der Waals surface area contributed by atoms with E-state index in [1.807, 2.05) is 0 Å². The van der Waals surface area contributed by atoms with E-state index in [0.717, 1.165) is 6.42 Å². The third-order valence-electron chi connectivity index (χ3n) is 3.81. The summed E-state index contributed by atoms with van der Waals surface area (Å²) in [6.07, 6.45) is 5.99. The predicted octanol–water partition coefficient (Wildman–Crippen LogP) is 2.37. The van der Waals surface area contributed by atoms with Crippen molar-refractivity contribution in [3.63, 3.8) is 0 Å². The Kier molecular flexibility index (Phi) is 4.59. The Labute approximate surface area is 87.2 Å². The Morgan fingerprint density at radius 1 is 1.43 bits per heavy atom. The highest BCUT2D eigenvalue weighted by atomic mass is 16.1. The second-order valence-electron chi connectivity index (χ2n) is 4.61. The first-order valence-corrected chi connectivity index (χ1v) is 5.93. The first-order chi connectivity index (χ1) is 6.70. The molecule has 1 aliphatic carbocycles. The van der Waals surface area contributed by atoms with Gasteiger partial charge < -0.3 is 5.73 Å². The molecular formula is C12H23NO. The van der Waals surface area contributed by atoms with Crippen LogP contribution in [0.15, 0.2) is 0 Å². The van der Waals surface area contributed by atoms with Crippen LogP contribution in [0.2, 0.25) is 0 Å². The number of hydrogen-bond donors (Lipinski definition) is 1. The third-order valence-corrected chi connectivity index (χ3v) is 3.81. The quantitative estimate of drug-likeness (QED) is 0.752. The molecule has 0 bridgehead atoms. The predicted molar refractivity (Wildman–Crippen MR) is 59.0 cm³/mol. The van der Waals surface area contributed by atoms with E-state index >= 15 is 0 Å². The summed E-state index contributed by atoms with van der Waals surface area (Å²) < 4.78 is 0. The van der Waals surface area contributed by atoms with Crippen molar-refractivity contribution >= 4 is 5.78 Å². The summed E-state index contributed by atoms with van der Waals surface area (Å²) in [4.78, 5) is 11.7. The van der Waals surface area contributed by atoms with Crippen molar-refractivity contribution in [2.24, 2.45) is 23.5 Å². The van der Waals surface area contributed by atoms with Gasteiger partial charge in [0.2, 0.25) is 0 Å². The van der Waals surface area contributed by atoms with Gasteiger partial charge in [-0.1, -0.05) is 33.1 Å². The fourth-order valence-electron chi connectivity index (χ4n) is 2.69. The summed E-state index contributed by atoms with van der Waals surface area (Å²) in [5.41, 5.74) is 5.46. The molecule has 3 atom stereocenters. The molecule has 2 heteroatoms. The van der Waals surface area contributed by atoms with Crippen LogP contribution < -0.4 is 5.73 Å². The summed E-state index contributed by atoms with van der Waals surface area (Å²) in [5.74, 6) is 1.83. The van der Waals surface area contributed by atoms with Crippen molar-refractivity contribution in [3.05, 3.63) is 0 Å². The lowest BCUT2D eigenvalue weighted by Crippen LogP contribution is -2.34. The number of hydrogen-bond acceptors (Lipinski definition) is 2. The van der Waals surface area contributed by atoms with Gasteiger partial charge in [0.25, 0.3) is 0 Å². The number of ketones is 1. The van der Waals surface area contributed by atoms with E-state index in [1.165, 1.54) is 25.7 Å². The van der Waals surface area contributed by atoms with Crippen molar-refractivity contribution in [2.75, 3.05) is 6.54 Å². The van der Waals surface area contributed by atoms with Crippen LogP contribution >= 0.6 is 0 Å². The standard InChI is InChI=1S/C12H23NO/c1-3-9(2)10-6-4-5-7-11(10)12(14)8-13/h9-11H,3-8,13H2,1-2H3. The zero-order valence-corrected chi connectivity index (χ0v) is 9.46. The van der Waals surface area contributed by atoms with Crippen LogP contribution in [0.4, 0.5) is 0 Å². The van der Waals surface area contributed by atoms with Crippen LogP contribution in [0.25, 0.3) is 0 Å². The van der Waals surface area contributed by atoms with E-state index < -0.39 is 0 Å². The number of carbonyl (C=O) groups excluding carboxylic acids is 1. The maximum Gasteiger partial charge on any atom is 0.149 e. The average molecular weight is 197 g/mol. The van der Waals surface area contributed by atoms with Crippen LogP contribution in [-0.2, 0) is 4.79 Å². The van der Waals surface area contributed by atoms with Gasteiger partial charge in [-0.05, 0) is 24.7 Å². The molecule has 0 amide bonds. The van der Waals surface area contributed by atoms with Crippen LogP contribution in [0.1, 0.15) is 46.0 Å². The smallest absolute Gasteiger partial charge is 0.149 e. The Morgan fingerprint density at radius 2 is 2.07 bits per heavy atom. The maximum absolute atomic E-state index is 11.7. The molecule has 0 heterocycles. The topological polar surface area (TPSA) is 43.1 Å². The lowest BCUT2D eigenvalue weighted by Gasteiger charge is -2.34. The Hall–Kier alpha value is -0.370. The summed E-state index contributed by atoms with van der Waals surface area (Å²) in [7, 11) is 0. The van der Waals surface area contributed by atoms with Crippen LogP contribution in [0, 0.1) is 17.8 Å². The molecular weight excluding hydrogens is 174 g/mol. The summed E-state index contributed by atoms with van der Waals surface area (Å²) in [6, 6.07) is 0. The maximum atomic E-state index is 11.7. The van der Waals surface area contributed by atoms with Gasteiger partial charge in [-0.25, -0.2) is 0 Å². The molecule has 1 rings (SSSR count). The van der Waals surface area contributed by atoms with E-state index in [2.05, 4.69) is 13.8 Å². The first kappa shape index (κ1) is 11.7. The van der Waals surface area contributed by atoms with Gasteiger partial charge >= 0.3 is 0 Å². The molecule has 14 heavy (non-hydrogen) atoms. The molecule has 0 radical (unpaired) electrons. The fourth-order valence-corrected chi connectivity index (χ4v) is 2.69. The lowest BCUT2D eigenvalue weighted by molar-refractivity contribution is -0.125. The highest BCUT2D eigenvalue weighted by Gasteiger charge is 2.32. The molecule has 1 aliphatic rings. The number of rotatable bonds is 4. The Balaban J connectivity index is 2.63. The molecule has 0 spiro atoms. The molecule has 1 saturated carbocycles. The summed E-state index contributed by atoms with van der Waals surface area (Å²) in [6.45, 7) is 4.72. The second-order valence-corrected chi connectivity index (χ2v) is 4.61. The molecule has 3 unspecified atom stereocenters. The van der Waals surface area contributed by atoms with E-state index in [0.29, 0.717) is 11.8 Å². The number of Topliss-reactive ketones (excluding diaryl/α,β-unsaturated/α-hetero) is 1. The molecule has 0 aromatic heterocycles. The fraction of sp³-hybridized carbons (Fsp3) is 0.917. The molecule has 0 aromatic carbocycles. The normalized spacial score (nSPS) is 29.9. The van der Waals surface area contributed by atoms with E-state index in [-0.39, 0.29) is 18.2 Å². The zero-order valence-electron chi connectivity index (χ0n) is 9.46. The summed E-state index contributed by atoms with van der Waals surface area (Å²) >= 11 is 0. The SMILES string of the molecule is CCC(C)C1CCCCC1C(=O)CN. The zero-order chi connectivity index (χ0) is 10.6. The van der Waals surface area contributed by atoms with E-state index in [4.69, 9.17) is 5.73 Å². The Morgan fingerprint density at radius 3 is 2.64 bits per heavy atom. The average Bonchev–Trinajstić information content (AvgIpc) is 2.27. The highest BCUT2D eigenvalue weighted by molar-refractivity contribution is 5.83. The minimum absolute atomic E-state index is 0.234. The van der Waals surface area contributed by atoms with Gasteiger partial charge in [0.15, 0.2) is 0 Å². The monoisotopic (exact) mass is 197 g/mol. The Bertz CT molecular complexity index is 191. The number of carbonyl (C=O) groups is 1. The van der Waals surface area contributed by atoms with Crippen LogP contribution in [-0.4, -0.2) is 12.3 Å². The van der Waals surface area contributed by atoms with Crippen molar-refractivity contribution in [2.45, 2.75) is 46.0 Å². The van der Waals surface area contributed by atoms with Crippen molar-refractivity contribution in [1.82, 2.24) is 0 Å². The van der Waals surface area contributed by atoms with E-state index in [9.17, 15) is 4.79 Å². The van der Waals surface area contributed by atoms with Crippen LogP contribution in [0.3, 0.4) is 0 Å². The van der Waals surface area contributed by atoms with Gasteiger partial charge in [0.1, 0.15) is 5.78 Å². The van der Waals surface area contributed by atoms with E-state index in [1.54, 1.807) is 0 Å². The minimum Gasteiger partial charge on any atom is -0.324 e. The highest BCUT2D eigenvalue weighted by Crippen LogP contribution is 2.36. The summed E-state index contributed by atoms with van der Waals surface area (Å²) in [5, 5.41) is 0. The first-order valence-electron chi connectivity index (χ1n) is 5.93.